The van der Waals surface area contributed by atoms with E-state index < -0.39 is 36.1 Å². The molecule has 0 saturated carbocycles. The number of ether oxygens (including phenoxy) is 1. The number of rotatable bonds is 2. The number of aliphatic imine (C=N–C) groups is 2. The van der Waals surface area contributed by atoms with E-state index in [2.05, 4.69) is 20.3 Å². The molecular weight excluding hydrogens is 416 g/mol. The number of pyridine rings is 1. The molecule has 4 rings (SSSR count). The minimum Gasteiger partial charge on any atom is -0.454 e. The number of nitrogens with two attached hydrogens (primary N) is 1. The number of fused-ring (bicyclic) bond motifs is 1. The summed E-state index contributed by atoms with van der Waals surface area (Å²) in [7, 11) is 0. The highest BCUT2D eigenvalue weighted by Crippen LogP contribution is 2.42. The number of aromatic nitrogens is 1. The summed E-state index contributed by atoms with van der Waals surface area (Å²) in [5, 5.41) is 11.9. The first kappa shape index (κ1) is 20.6. The summed E-state index contributed by atoms with van der Waals surface area (Å²) < 4.78 is 60.1. The Labute approximate surface area is 174 Å². The Bertz CT molecular complexity index is 1140. The van der Waals surface area contributed by atoms with Gasteiger partial charge in [0.1, 0.15) is 23.2 Å². The van der Waals surface area contributed by atoms with Crippen molar-refractivity contribution in [3.8, 4) is 6.07 Å². The van der Waals surface area contributed by atoms with Gasteiger partial charge in [0.15, 0.2) is 11.9 Å². The number of nitrogens with zero attached hydrogens (tertiary/aromatic N) is 4. The van der Waals surface area contributed by atoms with Crippen LogP contribution in [0.25, 0.3) is 0 Å². The Kier molecular flexibility index (Phi) is 4.80. The van der Waals surface area contributed by atoms with E-state index in [4.69, 9.17) is 15.7 Å². The number of alkyl halides is 3. The fourth-order valence-electron chi connectivity index (χ4n) is 3.56. The second kappa shape index (κ2) is 7.23. The number of halogens is 4. The van der Waals surface area contributed by atoms with Crippen LogP contribution in [0.2, 0.25) is 0 Å². The maximum atomic E-state index is 14.9. The summed E-state index contributed by atoms with van der Waals surface area (Å²) >= 11 is 0. The average Bonchev–Trinajstić information content (AvgIpc) is 2.71. The molecule has 0 unspecified atom stereocenters. The largest absolute Gasteiger partial charge is 0.454 e. The second-order valence-corrected chi connectivity index (χ2v) is 7.38. The number of amidine groups is 2. The summed E-state index contributed by atoms with van der Waals surface area (Å²) in [6, 6.07) is 4.97. The van der Waals surface area contributed by atoms with E-state index in [0.717, 1.165) is 0 Å². The maximum Gasteiger partial charge on any atom is 0.411 e. The molecule has 1 aromatic carbocycles. The minimum atomic E-state index is -4.64. The summed E-state index contributed by atoms with van der Waals surface area (Å²) in [5.41, 5.74) is 5.43. The van der Waals surface area contributed by atoms with Gasteiger partial charge in [0.05, 0.1) is 11.3 Å². The van der Waals surface area contributed by atoms with Gasteiger partial charge in [-0.05, 0) is 36.8 Å². The van der Waals surface area contributed by atoms with Crippen LogP contribution in [0.3, 0.4) is 0 Å². The summed E-state index contributed by atoms with van der Waals surface area (Å²) in [6.45, 7) is 1.57. The number of benzene rings is 1. The molecule has 0 fully saturated rings. The number of hydrogen-bond acceptors (Lipinski definition) is 7. The van der Waals surface area contributed by atoms with Gasteiger partial charge in [0, 0.05) is 24.7 Å². The van der Waals surface area contributed by atoms with Gasteiger partial charge in [-0.25, -0.2) is 14.4 Å². The van der Waals surface area contributed by atoms with E-state index in [1.54, 1.807) is 12.1 Å². The maximum absolute atomic E-state index is 14.9. The number of hydrogen-bond donors (Lipinski definition) is 2. The lowest BCUT2D eigenvalue weighted by atomic mass is 9.86. The fourth-order valence-corrected chi connectivity index (χ4v) is 3.56. The normalized spacial score (nSPS) is 22.9. The molecule has 2 aliphatic heterocycles. The van der Waals surface area contributed by atoms with E-state index in [0.29, 0.717) is 28.3 Å². The number of nitriles is 1. The first-order valence-electron chi connectivity index (χ1n) is 9.20. The third-order valence-electron chi connectivity index (χ3n) is 5.13. The lowest BCUT2D eigenvalue weighted by molar-refractivity contribution is -0.164. The molecular formula is C20H16F4N6O. The molecule has 0 radical (unpaired) electrons. The Hall–Kier alpha value is -3.68. The SMILES string of the molecule is C[C@@]1(c2cc3c(cc2F)CNC(c2ccc(C#N)cn2)=N3)C[C@@H](C(F)(F)F)N=C(N)O1. The van der Waals surface area contributed by atoms with Crippen molar-refractivity contribution in [2.45, 2.75) is 37.7 Å². The zero-order valence-corrected chi connectivity index (χ0v) is 16.2. The predicted octanol–water partition coefficient (Wildman–Crippen LogP) is 3.15. The molecule has 0 amide bonds. The molecule has 0 bridgehead atoms. The first-order chi connectivity index (χ1) is 14.6. The molecule has 1 aromatic heterocycles. The molecule has 3 heterocycles. The van der Waals surface area contributed by atoms with Gasteiger partial charge in [-0.15, -0.1) is 0 Å². The van der Waals surface area contributed by atoms with Crippen LogP contribution in [-0.2, 0) is 16.9 Å². The molecule has 0 aliphatic carbocycles. The van der Waals surface area contributed by atoms with E-state index in [-0.39, 0.29) is 12.1 Å². The third-order valence-corrected chi connectivity index (χ3v) is 5.13. The third kappa shape index (κ3) is 3.88. The highest BCUT2D eigenvalue weighted by molar-refractivity contribution is 5.99. The van der Waals surface area contributed by atoms with Crippen molar-refractivity contribution < 1.29 is 22.3 Å². The van der Waals surface area contributed by atoms with Crippen LogP contribution in [0.1, 0.15) is 35.7 Å². The molecule has 31 heavy (non-hydrogen) atoms. The van der Waals surface area contributed by atoms with Crippen molar-refractivity contribution in [3.63, 3.8) is 0 Å². The van der Waals surface area contributed by atoms with E-state index in [1.807, 2.05) is 6.07 Å². The predicted molar refractivity (Wildman–Crippen MR) is 103 cm³/mol. The van der Waals surface area contributed by atoms with Crippen LogP contribution in [0.5, 0.6) is 0 Å². The number of nitrogens with one attached hydrogen (secondary N) is 1. The highest BCUT2D eigenvalue weighted by Gasteiger charge is 2.49. The van der Waals surface area contributed by atoms with E-state index in [9.17, 15) is 17.6 Å². The van der Waals surface area contributed by atoms with Crippen LogP contribution < -0.4 is 11.1 Å². The quantitative estimate of drug-likeness (QED) is 0.709. The van der Waals surface area contributed by atoms with E-state index in [1.165, 1.54) is 25.3 Å². The van der Waals surface area contributed by atoms with Gasteiger partial charge in [0.2, 0.25) is 0 Å². The average molecular weight is 432 g/mol. The Morgan fingerprint density at radius 1 is 1.32 bits per heavy atom. The fraction of sp³-hybridized carbons (Fsp3) is 0.300. The van der Waals surface area contributed by atoms with Gasteiger partial charge in [-0.2, -0.15) is 18.4 Å². The summed E-state index contributed by atoms with van der Waals surface area (Å²) in [4.78, 5) is 11.9. The van der Waals surface area contributed by atoms with Crippen LogP contribution in [0.15, 0.2) is 40.4 Å². The van der Waals surface area contributed by atoms with Gasteiger partial charge < -0.3 is 15.8 Å². The van der Waals surface area contributed by atoms with E-state index >= 15 is 0 Å². The Morgan fingerprint density at radius 2 is 2.10 bits per heavy atom. The van der Waals surface area contributed by atoms with Crippen LogP contribution >= 0.6 is 0 Å². The van der Waals surface area contributed by atoms with Crippen LogP contribution in [0.4, 0.5) is 23.2 Å². The van der Waals surface area contributed by atoms with Gasteiger partial charge in [0.25, 0.3) is 6.02 Å². The summed E-state index contributed by atoms with van der Waals surface area (Å²) in [5.74, 6) is -0.340. The smallest absolute Gasteiger partial charge is 0.411 e. The van der Waals surface area contributed by atoms with Crippen molar-refractivity contribution in [3.05, 3.63) is 58.7 Å². The van der Waals surface area contributed by atoms with Gasteiger partial charge in [-0.1, -0.05) is 0 Å². The molecule has 11 heteroatoms. The van der Waals surface area contributed by atoms with Crippen molar-refractivity contribution in [2.24, 2.45) is 15.7 Å². The Balaban J connectivity index is 1.73. The van der Waals surface area contributed by atoms with Crippen molar-refractivity contribution in [2.75, 3.05) is 0 Å². The molecule has 3 N–H and O–H groups in total. The summed E-state index contributed by atoms with van der Waals surface area (Å²) in [6.07, 6.45) is -3.88. The van der Waals surface area contributed by atoms with Crippen LogP contribution in [0, 0.1) is 17.1 Å². The molecule has 0 saturated heterocycles. The minimum absolute atomic E-state index is 0.101. The van der Waals surface area contributed by atoms with Crippen molar-refractivity contribution in [1.29, 1.82) is 5.26 Å². The second-order valence-electron chi connectivity index (χ2n) is 7.38. The lowest BCUT2D eigenvalue weighted by Gasteiger charge is -2.37. The van der Waals surface area contributed by atoms with Gasteiger partial charge >= 0.3 is 6.18 Å². The topological polar surface area (TPSA) is 109 Å². The van der Waals surface area contributed by atoms with Crippen molar-refractivity contribution in [1.82, 2.24) is 10.3 Å². The molecule has 0 spiro atoms. The molecule has 7 nitrogen and oxygen atoms in total. The van der Waals surface area contributed by atoms with Crippen LogP contribution in [-0.4, -0.2) is 29.1 Å². The monoisotopic (exact) mass is 432 g/mol. The Morgan fingerprint density at radius 3 is 2.74 bits per heavy atom. The molecule has 2 atom stereocenters. The molecule has 160 valence electrons. The molecule has 2 aliphatic rings. The zero-order valence-electron chi connectivity index (χ0n) is 16.2. The zero-order chi connectivity index (χ0) is 22.4. The van der Waals surface area contributed by atoms with Gasteiger partial charge in [-0.3, -0.25) is 4.98 Å². The molecule has 2 aromatic rings. The lowest BCUT2D eigenvalue weighted by Crippen LogP contribution is -2.46. The van der Waals surface area contributed by atoms with Crippen molar-refractivity contribution >= 4 is 17.5 Å². The highest BCUT2D eigenvalue weighted by atomic mass is 19.4. The first-order valence-corrected chi connectivity index (χ1v) is 9.20. The standard InChI is InChI=1S/C20H16F4N6O/c1-19(6-16(20(22,23)24)30-18(26)31-19)12-5-15-11(4-13(12)21)9-28-17(29-15)14-3-2-10(7-25)8-27-14/h2-5,8,16H,6,9H2,1H3,(H2,26,30)(H,28,29)/t16-,19-/m0/s1.